The van der Waals surface area contributed by atoms with Crippen LogP contribution in [0.15, 0.2) is 29.7 Å². The molecule has 0 spiro atoms. The van der Waals surface area contributed by atoms with Gasteiger partial charge < -0.3 is 41.6 Å². The van der Waals surface area contributed by atoms with Crippen molar-refractivity contribution in [3.63, 3.8) is 0 Å². The number of aliphatic hydroxyl groups excluding tert-OH is 2. The van der Waals surface area contributed by atoms with Gasteiger partial charge in [0.15, 0.2) is 0 Å². The third kappa shape index (κ3) is 6.51. The number of hydrogen-bond acceptors (Lipinski definition) is 12. The minimum atomic E-state index is -1.14. The maximum atomic E-state index is 12.6. The Hall–Kier alpha value is -2.63. The molecular weight excluding hydrogens is 560 g/mol. The van der Waals surface area contributed by atoms with Crippen LogP contribution in [0.25, 0.3) is 0 Å². The normalized spacial score (nSPS) is 31.6. The molecule has 44 heavy (non-hydrogen) atoms. The molecule has 3 heterocycles. The molecule has 7 N–H and O–H groups in total. The molecule has 3 aliphatic heterocycles. The largest absolute Gasteiger partial charge is 0.757 e. The van der Waals surface area contributed by atoms with Gasteiger partial charge in [0.1, 0.15) is 36.5 Å². The highest BCUT2D eigenvalue weighted by Crippen LogP contribution is 2.39. The molecule has 2 unspecified atom stereocenters. The molecule has 3 fully saturated rings. The molecule has 0 radical (unpaired) electrons. The summed E-state index contributed by atoms with van der Waals surface area (Å²) in [5.74, 6) is 0.952. The molecule has 12 heteroatoms. The minimum Gasteiger partial charge on any atom is -0.757 e. The van der Waals surface area contributed by atoms with E-state index < -0.39 is 36.1 Å². The van der Waals surface area contributed by atoms with E-state index in [9.17, 15) is 20.7 Å². The molecule has 4 aliphatic rings. The zero-order valence-electron chi connectivity index (χ0n) is 27.0. The topological polar surface area (TPSA) is 168 Å². The van der Waals surface area contributed by atoms with Gasteiger partial charge in [0, 0.05) is 30.4 Å². The molecule has 1 saturated carbocycles. The van der Waals surface area contributed by atoms with Crippen LogP contribution in [0.3, 0.4) is 0 Å². The van der Waals surface area contributed by atoms with Crippen molar-refractivity contribution in [3.05, 3.63) is 46.1 Å². The smallest absolute Gasteiger partial charge is 0.142 e. The second-order valence-corrected chi connectivity index (χ2v) is 14.0. The molecule has 0 amide bonds. The van der Waals surface area contributed by atoms with Crippen molar-refractivity contribution in [1.29, 1.82) is 5.26 Å². The number of nitrogens with one attached hydrogen (secondary N) is 3. The Labute approximate surface area is 261 Å². The highest BCUT2D eigenvalue weighted by atomic mass is 16.6. The van der Waals surface area contributed by atoms with Crippen LogP contribution in [0.5, 0.6) is 0 Å². The van der Waals surface area contributed by atoms with E-state index >= 15 is 0 Å². The zero-order chi connectivity index (χ0) is 31.9. The molecule has 2 saturated heterocycles. The first kappa shape index (κ1) is 32.8. The van der Waals surface area contributed by atoms with E-state index in [0.29, 0.717) is 42.7 Å². The fourth-order valence-corrected chi connectivity index (χ4v) is 7.06. The maximum absolute atomic E-state index is 12.6. The van der Waals surface area contributed by atoms with E-state index in [2.05, 4.69) is 66.7 Å². The van der Waals surface area contributed by atoms with Crippen LogP contribution < -0.4 is 21.7 Å². The molecule has 0 bridgehead atoms. The Morgan fingerprint density at radius 3 is 2.66 bits per heavy atom. The third-order valence-corrected chi connectivity index (χ3v) is 10.0. The van der Waals surface area contributed by atoms with Crippen molar-refractivity contribution in [2.45, 2.75) is 121 Å². The molecule has 0 aromatic heterocycles. The highest BCUT2D eigenvalue weighted by Gasteiger charge is 2.51. The Balaban J connectivity index is 1.12. The summed E-state index contributed by atoms with van der Waals surface area (Å²) < 4.78 is 6.28. The van der Waals surface area contributed by atoms with Crippen molar-refractivity contribution in [3.8, 4) is 6.07 Å². The predicted molar refractivity (Wildman–Crippen MR) is 169 cm³/mol. The van der Waals surface area contributed by atoms with Crippen LogP contribution in [0, 0.1) is 29.4 Å². The summed E-state index contributed by atoms with van der Waals surface area (Å²) in [5.41, 5.74) is 9.16. The van der Waals surface area contributed by atoms with Gasteiger partial charge in [-0.1, -0.05) is 12.1 Å². The lowest BCUT2D eigenvalue weighted by Gasteiger charge is -2.46. The SMILES string of the molecule is Cc1ccc(C(C)(C)C#N)cc1NC(C)CCC1CC(N(C[C@H]2O[C@@H](N3CN([O-])C4=C(N)NCNC43)[C@H](O)[C@@H]2O)C(C)C)C1. The molecular formula is C32H51N8O4-. The fourth-order valence-electron chi connectivity index (χ4n) is 7.06. The van der Waals surface area contributed by atoms with Crippen molar-refractivity contribution < 1.29 is 14.9 Å². The van der Waals surface area contributed by atoms with Gasteiger partial charge in [-0.05, 0) is 90.3 Å². The van der Waals surface area contributed by atoms with E-state index in [-0.39, 0.29) is 12.7 Å². The van der Waals surface area contributed by atoms with Gasteiger partial charge in [-0.25, -0.2) is 4.90 Å². The highest BCUT2D eigenvalue weighted by molar-refractivity contribution is 5.55. The van der Waals surface area contributed by atoms with Crippen molar-refractivity contribution >= 4 is 5.69 Å². The van der Waals surface area contributed by atoms with E-state index in [1.165, 1.54) is 5.56 Å². The standard InChI is InChI=1S/C32H51N8O4/c1-18(2)38(14-25-27(41)28(42)31(44-25)39-17-40(43)26-29(34)35-16-36-30(26)39)23-11-21(12-23)9-8-20(4)37-24-13-22(10-7-19(24)3)32(5,6)15-33/h7,10,13,18,20-21,23,25,27-28,30-31,35-37,41-42H,8-9,11-12,14,16-17,34H2,1-6H3/q-1/t20?,21?,23?,25-,27-,28-,30?,31-/m1/s1. The summed E-state index contributed by atoms with van der Waals surface area (Å²) >= 11 is 0. The Morgan fingerprint density at radius 2 is 1.98 bits per heavy atom. The second kappa shape index (κ2) is 13.0. The summed E-state index contributed by atoms with van der Waals surface area (Å²) in [5, 5.41) is 54.7. The zero-order valence-corrected chi connectivity index (χ0v) is 27.0. The predicted octanol–water partition coefficient (Wildman–Crippen LogP) is 1.99. The number of hydroxylamine groups is 2. The molecule has 1 aromatic rings. The number of aliphatic hydroxyl groups is 2. The summed E-state index contributed by atoms with van der Waals surface area (Å²) in [4.78, 5) is 4.13. The summed E-state index contributed by atoms with van der Waals surface area (Å²) in [6.07, 6.45) is 0.295. The fraction of sp³-hybridized carbons (Fsp3) is 0.719. The lowest BCUT2D eigenvalue weighted by molar-refractivity contribution is -0.109. The number of anilines is 1. The number of nitrogens with two attached hydrogens (primary N) is 1. The first-order valence-electron chi connectivity index (χ1n) is 16.0. The van der Waals surface area contributed by atoms with Crippen molar-refractivity contribution in [1.82, 2.24) is 25.5 Å². The van der Waals surface area contributed by atoms with E-state index in [4.69, 9.17) is 10.5 Å². The molecule has 12 nitrogen and oxygen atoms in total. The van der Waals surface area contributed by atoms with E-state index in [1.807, 2.05) is 19.9 Å². The lowest BCUT2D eigenvalue weighted by atomic mass is 9.75. The molecule has 1 aliphatic carbocycles. The van der Waals surface area contributed by atoms with Gasteiger partial charge in [0.05, 0.1) is 30.5 Å². The molecule has 5 rings (SSSR count). The molecule has 244 valence electrons. The number of fused-ring (bicyclic) bond motifs is 1. The Morgan fingerprint density at radius 1 is 1.25 bits per heavy atom. The number of nitriles is 1. The first-order valence-corrected chi connectivity index (χ1v) is 16.0. The van der Waals surface area contributed by atoms with Crippen LogP contribution >= 0.6 is 0 Å². The van der Waals surface area contributed by atoms with Crippen molar-refractivity contribution in [2.24, 2.45) is 11.7 Å². The van der Waals surface area contributed by atoms with Gasteiger partial charge in [0.25, 0.3) is 0 Å². The molecule has 6 atom stereocenters. The van der Waals surface area contributed by atoms with Crippen LogP contribution in [-0.2, 0) is 10.2 Å². The van der Waals surface area contributed by atoms with Crippen LogP contribution in [0.2, 0.25) is 0 Å². The van der Waals surface area contributed by atoms with Gasteiger partial charge in [-0.15, -0.1) is 0 Å². The first-order chi connectivity index (χ1) is 20.8. The number of ether oxygens (including phenoxy) is 1. The van der Waals surface area contributed by atoms with Gasteiger partial charge in [-0.3, -0.25) is 10.2 Å². The Bertz CT molecular complexity index is 1250. The number of nitrogens with zero attached hydrogens (tertiary/aromatic N) is 4. The number of benzene rings is 1. The monoisotopic (exact) mass is 611 g/mol. The number of aryl methyl sites for hydroxylation is 1. The van der Waals surface area contributed by atoms with Gasteiger partial charge >= 0.3 is 0 Å². The van der Waals surface area contributed by atoms with E-state index in [1.54, 1.807) is 4.90 Å². The van der Waals surface area contributed by atoms with Crippen LogP contribution in [0.4, 0.5) is 5.69 Å². The minimum absolute atomic E-state index is 0.00904. The lowest BCUT2D eigenvalue weighted by Crippen LogP contribution is -2.56. The average Bonchev–Trinajstić information content (AvgIpc) is 3.43. The quantitative estimate of drug-likeness (QED) is 0.216. The maximum Gasteiger partial charge on any atom is 0.142 e. The van der Waals surface area contributed by atoms with Crippen LogP contribution in [0.1, 0.15) is 71.4 Å². The van der Waals surface area contributed by atoms with Crippen molar-refractivity contribution in [2.75, 3.05) is 25.2 Å². The van der Waals surface area contributed by atoms with Crippen LogP contribution in [-0.4, -0.2) is 93.8 Å². The molecule has 1 aromatic carbocycles. The Kier molecular flexibility index (Phi) is 9.68. The van der Waals surface area contributed by atoms with E-state index in [0.717, 1.165) is 42.0 Å². The average molecular weight is 612 g/mol. The van der Waals surface area contributed by atoms with Gasteiger partial charge in [0.2, 0.25) is 0 Å². The summed E-state index contributed by atoms with van der Waals surface area (Å²) in [7, 11) is 0. The summed E-state index contributed by atoms with van der Waals surface area (Å²) in [6, 6.07) is 9.61. The third-order valence-electron chi connectivity index (χ3n) is 10.0. The number of rotatable bonds is 11. The summed E-state index contributed by atoms with van der Waals surface area (Å²) in [6.45, 7) is 13.4. The van der Waals surface area contributed by atoms with Gasteiger partial charge in [-0.2, -0.15) is 5.26 Å². The second-order valence-electron chi connectivity index (χ2n) is 14.0. The number of hydrogen-bond donors (Lipinski definition) is 6.